The Balaban J connectivity index is 1.88. The molecule has 104 valence electrons. The molecule has 1 aliphatic heterocycles. The number of likely N-dealkylation sites (tertiary alicyclic amines) is 1. The van der Waals surface area contributed by atoms with Crippen LogP contribution in [-0.4, -0.2) is 35.1 Å². The normalized spacial score (nSPS) is 22.3. The third-order valence-electron chi connectivity index (χ3n) is 3.88. The van der Waals surface area contributed by atoms with Crippen molar-refractivity contribution in [1.82, 2.24) is 4.90 Å². The average Bonchev–Trinajstić information content (AvgIpc) is 2.89. The molecule has 3 atom stereocenters. The number of nitrogens with two attached hydrogens (primary N) is 1. The van der Waals surface area contributed by atoms with Crippen molar-refractivity contribution in [2.24, 2.45) is 11.7 Å². The first-order valence-electron chi connectivity index (χ1n) is 6.84. The number of benzene rings is 1. The predicted octanol–water partition coefficient (Wildman–Crippen LogP) is 1.31. The molecule has 0 radical (unpaired) electrons. The summed E-state index contributed by atoms with van der Waals surface area (Å²) in [5.41, 5.74) is 7.05. The summed E-state index contributed by atoms with van der Waals surface area (Å²) >= 11 is 0. The number of aliphatic hydroxyl groups excluding tert-OH is 1. The lowest BCUT2D eigenvalue weighted by atomic mass is 10.0. The van der Waals surface area contributed by atoms with Crippen molar-refractivity contribution in [3.8, 4) is 0 Å². The number of carbonyl (C=O) groups excluding carboxylic acids is 1. The van der Waals surface area contributed by atoms with Crippen LogP contribution in [0.15, 0.2) is 30.3 Å². The fourth-order valence-corrected chi connectivity index (χ4v) is 2.54. The molecule has 0 spiro atoms. The second-order valence-corrected chi connectivity index (χ2v) is 5.35. The Labute approximate surface area is 114 Å². The van der Waals surface area contributed by atoms with Crippen LogP contribution in [0.4, 0.5) is 0 Å². The van der Waals surface area contributed by atoms with Gasteiger partial charge in [0.1, 0.15) is 0 Å². The lowest BCUT2D eigenvalue weighted by molar-refractivity contribution is -0.130. The Hall–Kier alpha value is -1.39. The summed E-state index contributed by atoms with van der Waals surface area (Å²) in [6, 6.07) is 9.43. The summed E-state index contributed by atoms with van der Waals surface area (Å²) in [6.45, 7) is 3.17. The van der Waals surface area contributed by atoms with Gasteiger partial charge in [0.15, 0.2) is 0 Å². The molecule has 1 amide bonds. The maximum absolute atomic E-state index is 12.2. The maximum Gasteiger partial charge on any atom is 0.224 e. The second-order valence-electron chi connectivity index (χ2n) is 5.35. The summed E-state index contributed by atoms with van der Waals surface area (Å²) < 4.78 is 0. The fraction of sp³-hybridized carbons (Fsp3) is 0.533. The molecule has 4 heteroatoms. The number of rotatable bonds is 4. The standard InChI is InChI=1S/C15H22N2O2/c1-11(18)13-7-8-17(10-13)15(19)9-14(16)12-5-3-2-4-6-12/h2-6,11,13-14,18H,7-10,16H2,1H3. The molecular weight excluding hydrogens is 240 g/mol. The van der Waals surface area contributed by atoms with Gasteiger partial charge in [-0.05, 0) is 18.9 Å². The maximum atomic E-state index is 12.2. The van der Waals surface area contributed by atoms with Crippen molar-refractivity contribution in [2.75, 3.05) is 13.1 Å². The van der Waals surface area contributed by atoms with E-state index < -0.39 is 0 Å². The number of aliphatic hydroxyl groups is 1. The van der Waals surface area contributed by atoms with E-state index in [4.69, 9.17) is 5.73 Å². The minimum absolute atomic E-state index is 0.0829. The third kappa shape index (κ3) is 3.55. The first-order chi connectivity index (χ1) is 9.08. The monoisotopic (exact) mass is 262 g/mol. The zero-order valence-corrected chi connectivity index (χ0v) is 11.3. The molecule has 4 nitrogen and oxygen atoms in total. The number of carbonyl (C=O) groups is 1. The van der Waals surface area contributed by atoms with Gasteiger partial charge in [-0.3, -0.25) is 4.79 Å². The Kier molecular flexibility index (Phi) is 4.56. The Bertz CT molecular complexity index is 419. The fourth-order valence-electron chi connectivity index (χ4n) is 2.54. The molecule has 0 aliphatic carbocycles. The van der Waals surface area contributed by atoms with Gasteiger partial charge in [0.25, 0.3) is 0 Å². The van der Waals surface area contributed by atoms with Crippen molar-refractivity contribution in [1.29, 1.82) is 0 Å². The second kappa shape index (κ2) is 6.17. The van der Waals surface area contributed by atoms with E-state index in [1.807, 2.05) is 35.2 Å². The third-order valence-corrected chi connectivity index (χ3v) is 3.88. The van der Waals surface area contributed by atoms with E-state index in [9.17, 15) is 9.90 Å². The highest BCUT2D eigenvalue weighted by atomic mass is 16.3. The summed E-state index contributed by atoms with van der Waals surface area (Å²) in [7, 11) is 0. The predicted molar refractivity (Wildman–Crippen MR) is 74.4 cm³/mol. The van der Waals surface area contributed by atoms with Crippen LogP contribution in [0.2, 0.25) is 0 Å². The molecule has 19 heavy (non-hydrogen) atoms. The van der Waals surface area contributed by atoms with Crippen LogP contribution >= 0.6 is 0 Å². The van der Waals surface area contributed by atoms with Crippen LogP contribution < -0.4 is 5.73 Å². The highest BCUT2D eigenvalue weighted by Crippen LogP contribution is 2.22. The van der Waals surface area contributed by atoms with E-state index in [0.717, 1.165) is 18.5 Å². The van der Waals surface area contributed by atoms with Gasteiger partial charge in [-0.25, -0.2) is 0 Å². The largest absolute Gasteiger partial charge is 0.393 e. The van der Waals surface area contributed by atoms with Gasteiger partial charge >= 0.3 is 0 Å². The van der Waals surface area contributed by atoms with E-state index in [1.165, 1.54) is 0 Å². The lowest BCUT2D eigenvalue weighted by Gasteiger charge is -2.20. The summed E-state index contributed by atoms with van der Waals surface area (Å²) in [5, 5.41) is 9.55. The Morgan fingerprint density at radius 3 is 2.74 bits per heavy atom. The molecule has 1 fully saturated rings. The zero-order chi connectivity index (χ0) is 13.8. The van der Waals surface area contributed by atoms with Crippen molar-refractivity contribution in [3.05, 3.63) is 35.9 Å². The van der Waals surface area contributed by atoms with Crippen LogP contribution in [0.1, 0.15) is 31.4 Å². The molecule has 1 heterocycles. The van der Waals surface area contributed by atoms with Gasteiger partial charge in [0.05, 0.1) is 6.10 Å². The molecule has 3 unspecified atom stereocenters. The van der Waals surface area contributed by atoms with Gasteiger partial charge < -0.3 is 15.7 Å². The number of amides is 1. The quantitative estimate of drug-likeness (QED) is 0.859. The smallest absolute Gasteiger partial charge is 0.224 e. The number of hydrogen-bond donors (Lipinski definition) is 2. The minimum atomic E-state index is -0.347. The van der Waals surface area contributed by atoms with Crippen LogP contribution in [0.5, 0.6) is 0 Å². The molecular formula is C15H22N2O2. The molecule has 0 aromatic heterocycles. The molecule has 1 aromatic carbocycles. The molecule has 1 aromatic rings. The van der Waals surface area contributed by atoms with Gasteiger partial charge in [0.2, 0.25) is 5.91 Å². The summed E-state index contributed by atoms with van der Waals surface area (Å²) in [4.78, 5) is 14.0. The van der Waals surface area contributed by atoms with E-state index in [1.54, 1.807) is 6.92 Å². The van der Waals surface area contributed by atoms with Crippen molar-refractivity contribution >= 4 is 5.91 Å². The zero-order valence-electron chi connectivity index (χ0n) is 11.3. The summed E-state index contributed by atoms with van der Waals surface area (Å²) in [5.74, 6) is 0.288. The van der Waals surface area contributed by atoms with Crippen LogP contribution in [0.25, 0.3) is 0 Å². The number of nitrogens with zero attached hydrogens (tertiary/aromatic N) is 1. The van der Waals surface area contributed by atoms with Crippen molar-refractivity contribution < 1.29 is 9.90 Å². The first kappa shape index (κ1) is 14.0. The summed E-state index contributed by atoms with van der Waals surface area (Å²) in [6.07, 6.45) is 0.862. The minimum Gasteiger partial charge on any atom is -0.393 e. The van der Waals surface area contributed by atoms with Crippen LogP contribution in [0.3, 0.4) is 0 Å². The van der Waals surface area contributed by atoms with Crippen molar-refractivity contribution in [2.45, 2.75) is 31.9 Å². The van der Waals surface area contributed by atoms with E-state index in [2.05, 4.69) is 0 Å². The van der Waals surface area contributed by atoms with E-state index in [0.29, 0.717) is 13.0 Å². The highest BCUT2D eigenvalue weighted by Gasteiger charge is 2.29. The Morgan fingerprint density at radius 1 is 1.47 bits per heavy atom. The van der Waals surface area contributed by atoms with E-state index >= 15 is 0 Å². The average molecular weight is 262 g/mol. The molecule has 3 N–H and O–H groups in total. The van der Waals surface area contributed by atoms with Gasteiger partial charge in [-0.2, -0.15) is 0 Å². The highest BCUT2D eigenvalue weighted by molar-refractivity contribution is 5.77. The van der Waals surface area contributed by atoms with Gasteiger partial charge in [-0.15, -0.1) is 0 Å². The van der Waals surface area contributed by atoms with E-state index in [-0.39, 0.29) is 24.0 Å². The van der Waals surface area contributed by atoms with Crippen LogP contribution in [0, 0.1) is 5.92 Å². The number of hydrogen-bond acceptors (Lipinski definition) is 3. The molecule has 0 saturated carbocycles. The Morgan fingerprint density at radius 2 is 2.16 bits per heavy atom. The molecule has 1 aliphatic rings. The molecule has 0 bridgehead atoms. The van der Waals surface area contributed by atoms with Crippen molar-refractivity contribution in [3.63, 3.8) is 0 Å². The first-order valence-corrected chi connectivity index (χ1v) is 6.84. The SMILES string of the molecule is CC(O)C1CCN(C(=O)CC(N)c2ccccc2)C1. The molecule has 2 rings (SSSR count). The topological polar surface area (TPSA) is 66.6 Å². The van der Waals surface area contributed by atoms with Gasteiger partial charge in [-0.1, -0.05) is 30.3 Å². The van der Waals surface area contributed by atoms with Crippen LogP contribution in [-0.2, 0) is 4.79 Å². The molecule has 1 saturated heterocycles. The van der Waals surface area contributed by atoms with Gasteiger partial charge in [0, 0.05) is 31.5 Å². The lowest BCUT2D eigenvalue weighted by Crippen LogP contribution is -2.32.